The van der Waals surface area contributed by atoms with Gasteiger partial charge in [-0.15, -0.1) is 11.8 Å². The molecular formula is C14H14N2O5S2. The number of thioether (sulfide) groups is 1. The van der Waals surface area contributed by atoms with Crippen molar-refractivity contribution in [2.45, 2.75) is 9.79 Å². The van der Waals surface area contributed by atoms with Gasteiger partial charge in [-0.05, 0) is 24.3 Å². The highest BCUT2D eigenvalue weighted by Gasteiger charge is 2.21. The molecule has 122 valence electrons. The predicted octanol–water partition coefficient (Wildman–Crippen LogP) is 2.48. The fourth-order valence-corrected chi connectivity index (χ4v) is 3.64. The van der Waals surface area contributed by atoms with Crippen molar-refractivity contribution >= 4 is 33.2 Å². The number of hydrogen-bond acceptors (Lipinski definition) is 6. The molecular weight excluding hydrogens is 340 g/mol. The van der Waals surface area contributed by atoms with Crippen LogP contribution in [0.2, 0.25) is 0 Å². The number of sulfonamides is 1. The Labute approximate surface area is 137 Å². The molecule has 0 spiro atoms. The molecule has 0 saturated carbocycles. The van der Waals surface area contributed by atoms with Crippen molar-refractivity contribution in [2.24, 2.45) is 0 Å². The highest BCUT2D eigenvalue weighted by Crippen LogP contribution is 2.31. The van der Waals surface area contributed by atoms with E-state index >= 15 is 0 Å². The minimum absolute atomic E-state index is 0.128. The zero-order valence-electron chi connectivity index (χ0n) is 11.9. The maximum Gasteiger partial charge on any atom is 0.284 e. The fourth-order valence-electron chi connectivity index (χ4n) is 1.80. The minimum atomic E-state index is -3.92. The molecule has 2 N–H and O–H groups in total. The molecule has 0 heterocycles. The number of nitro benzene ring substituents is 1. The van der Waals surface area contributed by atoms with Gasteiger partial charge in [-0.1, -0.05) is 18.2 Å². The van der Waals surface area contributed by atoms with Gasteiger partial charge >= 0.3 is 0 Å². The molecule has 0 radical (unpaired) electrons. The maximum absolute atomic E-state index is 12.3. The van der Waals surface area contributed by atoms with Crippen molar-refractivity contribution in [3.8, 4) is 0 Å². The van der Waals surface area contributed by atoms with Crippen molar-refractivity contribution in [2.75, 3.05) is 17.1 Å². The van der Waals surface area contributed by atoms with Gasteiger partial charge in [0.05, 0.1) is 21.3 Å². The zero-order valence-corrected chi connectivity index (χ0v) is 13.5. The monoisotopic (exact) mass is 354 g/mol. The topological polar surface area (TPSA) is 110 Å². The van der Waals surface area contributed by atoms with E-state index < -0.39 is 14.9 Å². The predicted molar refractivity (Wildman–Crippen MR) is 88.2 cm³/mol. The van der Waals surface area contributed by atoms with Crippen molar-refractivity contribution in [1.29, 1.82) is 0 Å². The molecule has 2 aromatic carbocycles. The molecule has 0 saturated heterocycles. The summed E-state index contributed by atoms with van der Waals surface area (Å²) in [5, 5.41) is 19.9. The van der Waals surface area contributed by atoms with Crippen LogP contribution in [0.15, 0.2) is 58.3 Å². The number of rotatable bonds is 7. The van der Waals surface area contributed by atoms with Gasteiger partial charge in [-0.3, -0.25) is 14.8 Å². The molecule has 0 atom stereocenters. The molecule has 0 aromatic heterocycles. The Kier molecular flexibility index (Phi) is 5.59. The van der Waals surface area contributed by atoms with Gasteiger partial charge in [0.2, 0.25) is 0 Å². The summed E-state index contributed by atoms with van der Waals surface area (Å²) < 4.78 is 27.0. The highest BCUT2D eigenvalue weighted by atomic mass is 32.2. The van der Waals surface area contributed by atoms with E-state index in [0.29, 0.717) is 10.6 Å². The van der Waals surface area contributed by atoms with Crippen LogP contribution in [0.3, 0.4) is 0 Å². The second-order valence-corrected chi connectivity index (χ2v) is 7.25. The van der Waals surface area contributed by atoms with Crippen LogP contribution >= 0.6 is 11.8 Å². The van der Waals surface area contributed by atoms with Gasteiger partial charge in [0.1, 0.15) is 0 Å². The van der Waals surface area contributed by atoms with Crippen LogP contribution in [0.1, 0.15) is 0 Å². The minimum Gasteiger partial charge on any atom is -0.396 e. The van der Waals surface area contributed by atoms with Crippen molar-refractivity contribution < 1.29 is 18.4 Å². The number of anilines is 1. The lowest BCUT2D eigenvalue weighted by atomic mass is 10.3. The normalized spacial score (nSPS) is 11.2. The summed E-state index contributed by atoms with van der Waals surface area (Å²) >= 11 is 1.09. The second kappa shape index (κ2) is 7.44. The van der Waals surface area contributed by atoms with Crippen LogP contribution in [0, 0.1) is 10.1 Å². The largest absolute Gasteiger partial charge is 0.396 e. The Morgan fingerprint density at radius 1 is 1.17 bits per heavy atom. The molecule has 9 heteroatoms. The zero-order chi connectivity index (χ0) is 16.9. The molecule has 0 unspecified atom stereocenters. The first-order valence-corrected chi connectivity index (χ1v) is 9.01. The van der Waals surface area contributed by atoms with Crippen LogP contribution in [0.4, 0.5) is 11.4 Å². The van der Waals surface area contributed by atoms with Crippen LogP contribution in [0.25, 0.3) is 0 Å². The molecule has 0 aliphatic heterocycles. The summed E-state index contributed by atoms with van der Waals surface area (Å²) in [5.41, 5.74) is 0.0632. The standard InChI is InChI=1S/C14H14N2O5S2/c17-8-9-22-14-7-6-12(10-13(14)16(18)19)23(20,21)15-11-4-2-1-3-5-11/h1-7,10,15,17H,8-9H2. The summed E-state index contributed by atoms with van der Waals surface area (Å²) in [4.78, 5) is 10.6. The van der Waals surface area contributed by atoms with Crippen molar-refractivity contribution in [3.63, 3.8) is 0 Å². The molecule has 0 bridgehead atoms. The number of nitrogens with zero attached hydrogens (tertiary/aromatic N) is 1. The summed E-state index contributed by atoms with van der Waals surface area (Å²) in [6, 6.07) is 12.0. The SMILES string of the molecule is O=[N+]([O-])c1cc(S(=O)(=O)Nc2ccccc2)ccc1SCCO. The van der Waals surface area contributed by atoms with Crippen molar-refractivity contribution in [1.82, 2.24) is 0 Å². The highest BCUT2D eigenvalue weighted by molar-refractivity contribution is 7.99. The Morgan fingerprint density at radius 3 is 2.48 bits per heavy atom. The fraction of sp³-hybridized carbons (Fsp3) is 0.143. The van der Waals surface area contributed by atoms with E-state index in [-0.39, 0.29) is 22.9 Å². The second-order valence-electron chi connectivity index (χ2n) is 4.43. The summed E-state index contributed by atoms with van der Waals surface area (Å²) in [6.45, 7) is -0.128. The van der Waals surface area contributed by atoms with E-state index in [0.717, 1.165) is 17.8 Å². The van der Waals surface area contributed by atoms with Crippen LogP contribution in [-0.4, -0.2) is 30.8 Å². The first-order valence-electron chi connectivity index (χ1n) is 6.54. The average Bonchev–Trinajstić information content (AvgIpc) is 2.53. The number of nitro groups is 1. The van der Waals surface area contributed by atoms with E-state index in [4.69, 9.17) is 5.11 Å². The van der Waals surface area contributed by atoms with Gasteiger partial charge in [0.25, 0.3) is 15.7 Å². The smallest absolute Gasteiger partial charge is 0.284 e. The number of hydrogen-bond donors (Lipinski definition) is 2. The van der Waals surface area contributed by atoms with Crippen molar-refractivity contribution in [3.05, 3.63) is 58.6 Å². The summed E-state index contributed by atoms with van der Waals surface area (Å²) in [7, 11) is -3.92. The first kappa shape index (κ1) is 17.3. The third-order valence-electron chi connectivity index (χ3n) is 2.81. The third-order valence-corrected chi connectivity index (χ3v) is 5.23. The lowest BCUT2D eigenvalue weighted by molar-refractivity contribution is -0.388. The third kappa shape index (κ3) is 4.44. The number of benzene rings is 2. The van der Waals surface area contributed by atoms with Crippen LogP contribution < -0.4 is 4.72 Å². The van der Waals surface area contributed by atoms with E-state index in [2.05, 4.69) is 4.72 Å². The lowest BCUT2D eigenvalue weighted by Gasteiger charge is -2.09. The Balaban J connectivity index is 2.35. The Bertz CT molecular complexity index is 794. The first-order chi connectivity index (χ1) is 10.9. The van der Waals surface area contributed by atoms with Crippen LogP contribution in [0.5, 0.6) is 0 Å². The summed E-state index contributed by atoms with van der Waals surface area (Å²) in [6.07, 6.45) is 0. The number of nitrogens with one attached hydrogen (secondary N) is 1. The molecule has 7 nitrogen and oxygen atoms in total. The number of para-hydroxylation sites is 1. The van der Waals surface area contributed by atoms with E-state index in [1.54, 1.807) is 30.3 Å². The Morgan fingerprint density at radius 2 is 1.87 bits per heavy atom. The number of aliphatic hydroxyl groups is 1. The van der Waals surface area contributed by atoms with E-state index in [9.17, 15) is 18.5 Å². The Hall–Kier alpha value is -2.10. The summed E-state index contributed by atoms with van der Waals surface area (Å²) in [5.74, 6) is 0.287. The van der Waals surface area contributed by atoms with Gasteiger partial charge < -0.3 is 5.11 Å². The van der Waals surface area contributed by atoms with E-state index in [1.807, 2.05) is 0 Å². The van der Waals surface area contributed by atoms with Gasteiger partial charge in [-0.2, -0.15) is 0 Å². The molecule has 0 amide bonds. The number of aliphatic hydroxyl groups excluding tert-OH is 1. The van der Waals surface area contributed by atoms with Gasteiger partial charge in [-0.25, -0.2) is 8.42 Å². The molecule has 2 aromatic rings. The average molecular weight is 354 g/mol. The molecule has 0 fully saturated rings. The molecule has 0 aliphatic carbocycles. The lowest BCUT2D eigenvalue weighted by Crippen LogP contribution is -2.13. The van der Waals surface area contributed by atoms with E-state index in [1.165, 1.54) is 12.1 Å². The van der Waals surface area contributed by atoms with Crippen LogP contribution in [-0.2, 0) is 10.0 Å². The quantitative estimate of drug-likeness (QED) is 0.449. The maximum atomic E-state index is 12.3. The van der Waals surface area contributed by atoms with Gasteiger partial charge in [0.15, 0.2) is 0 Å². The molecule has 2 rings (SSSR count). The van der Waals surface area contributed by atoms with Gasteiger partial charge in [0, 0.05) is 17.5 Å². The molecule has 23 heavy (non-hydrogen) atoms. The molecule has 0 aliphatic rings.